The molecule has 0 spiro atoms. The van der Waals surface area contributed by atoms with Crippen LogP contribution in [0.3, 0.4) is 0 Å². The highest BCUT2D eigenvalue weighted by Gasteiger charge is 2.12. The molecule has 0 amide bonds. The Morgan fingerprint density at radius 1 is 1.32 bits per heavy atom. The van der Waals surface area contributed by atoms with Gasteiger partial charge in [-0.2, -0.15) is 0 Å². The van der Waals surface area contributed by atoms with Gasteiger partial charge in [-0.25, -0.2) is 0 Å². The number of rotatable bonds is 7. The summed E-state index contributed by atoms with van der Waals surface area (Å²) >= 11 is 1.82. The van der Waals surface area contributed by atoms with E-state index in [1.807, 2.05) is 11.3 Å². The van der Waals surface area contributed by atoms with Crippen molar-refractivity contribution in [2.24, 2.45) is 4.99 Å². The van der Waals surface area contributed by atoms with Crippen LogP contribution in [0, 0.1) is 0 Å². The summed E-state index contributed by atoms with van der Waals surface area (Å²) in [4.78, 5) is 8.45. The monoisotopic (exact) mass is 357 g/mol. The molecule has 1 N–H and O–H groups in total. The highest BCUT2D eigenvalue weighted by molar-refractivity contribution is 7.09. The van der Waals surface area contributed by atoms with Crippen molar-refractivity contribution in [2.75, 3.05) is 33.3 Å². The first-order valence-electron chi connectivity index (χ1n) is 9.02. The van der Waals surface area contributed by atoms with Gasteiger partial charge in [0.1, 0.15) is 5.75 Å². The van der Waals surface area contributed by atoms with Crippen LogP contribution < -0.4 is 10.1 Å². The predicted octanol–water partition coefficient (Wildman–Crippen LogP) is 3.37. The van der Waals surface area contributed by atoms with Gasteiger partial charge in [0, 0.05) is 38.0 Å². The van der Waals surface area contributed by atoms with Gasteiger partial charge in [0.05, 0.1) is 6.61 Å². The van der Waals surface area contributed by atoms with Crippen molar-refractivity contribution in [2.45, 2.75) is 26.2 Å². The lowest BCUT2D eigenvalue weighted by Crippen LogP contribution is -2.40. The Kier molecular flexibility index (Phi) is 6.34. The third-order valence-corrected chi connectivity index (χ3v) is 5.32. The molecule has 0 unspecified atom stereocenters. The number of nitrogens with zero attached hydrogens (tertiary/aromatic N) is 2. The normalized spacial score (nSPS) is 13.4. The highest BCUT2D eigenvalue weighted by atomic mass is 32.1. The van der Waals surface area contributed by atoms with Gasteiger partial charge in [-0.05, 0) is 48.4 Å². The maximum Gasteiger partial charge on any atom is 0.193 e. The van der Waals surface area contributed by atoms with E-state index in [9.17, 15) is 0 Å². The third-order valence-electron chi connectivity index (χ3n) is 4.39. The van der Waals surface area contributed by atoms with Crippen LogP contribution in [-0.4, -0.2) is 44.1 Å². The maximum absolute atomic E-state index is 5.57. The van der Waals surface area contributed by atoms with Crippen molar-refractivity contribution in [3.8, 4) is 5.75 Å². The molecule has 0 aliphatic carbocycles. The lowest BCUT2D eigenvalue weighted by atomic mass is 10.1. The van der Waals surface area contributed by atoms with Crippen molar-refractivity contribution in [1.29, 1.82) is 0 Å². The molecule has 0 fully saturated rings. The first-order valence-corrected chi connectivity index (χ1v) is 9.90. The lowest BCUT2D eigenvalue weighted by Gasteiger charge is -2.21. The molecule has 5 heteroatoms. The van der Waals surface area contributed by atoms with Gasteiger partial charge in [-0.3, -0.25) is 4.99 Å². The van der Waals surface area contributed by atoms with Crippen LogP contribution in [0.15, 0.2) is 40.7 Å². The lowest BCUT2D eigenvalue weighted by molar-refractivity contribution is 0.357. The maximum atomic E-state index is 5.57. The van der Waals surface area contributed by atoms with Crippen molar-refractivity contribution < 1.29 is 4.74 Å². The van der Waals surface area contributed by atoms with Crippen LogP contribution in [0.5, 0.6) is 5.75 Å². The van der Waals surface area contributed by atoms with Crippen molar-refractivity contribution in [3.63, 3.8) is 0 Å². The second-order valence-electron chi connectivity index (χ2n) is 6.28. The number of thiophene rings is 1. The number of aliphatic imine (C=N–C) groups is 1. The number of nitrogens with one attached hydrogen (secondary N) is 1. The number of hydrogen-bond donors (Lipinski definition) is 1. The van der Waals surface area contributed by atoms with E-state index in [2.05, 4.69) is 59.9 Å². The van der Waals surface area contributed by atoms with Crippen LogP contribution in [-0.2, 0) is 19.3 Å². The smallest absolute Gasteiger partial charge is 0.193 e. The van der Waals surface area contributed by atoms with Crippen molar-refractivity contribution in [1.82, 2.24) is 10.2 Å². The zero-order chi connectivity index (χ0) is 17.5. The van der Waals surface area contributed by atoms with Gasteiger partial charge in [0.25, 0.3) is 0 Å². The number of hydrogen-bond acceptors (Lipinski definition) is 3. The summed E-state index contributed by atoms with van der Waals surface area (Å²) < 4.78 is 5.57. The molecule has 25 heavy (non-hydrogen) atoms. The summed E-state index contributed by atoms with van der Waals surface area (Å²) in [5.74, 6) is 2.04. The molecular formula is C20H27N3OS. The Labute approximate surface area is 154 Å². The van der Waals surface area contributed by atoms with Gasteiger partial charge in [-0.15, -0.1) is 11.3 Å². The summed E-state index contributed by atoms with van der Waals surface area (Å²) in [5, 5.41) is 5.53. The highest BCUT2D eigenvalue weighted by Crippen LogP contribution is 2.25. The minimum Gasteiger partial charge on any atom is -0.493 e. The molecule has 1 aliphatic heterocycles. The molecule has 0 saturated carbocycles. The SMILES string of the molecule is CCNC(=NCCc1ccc2c(c1)CCO2)N(C)CCc1cccs1. The first-order chi connectivity index (χ1) is 12.3. The van der Waals surface area contributed by atoms with Crippen LogP contribution in [0.2, 0.25) is 0 Å². The summed E-state index contributed by atoms with van der Waals surface area (Å²) in [6.45, 7) is 5.59. The third kappa shape index (κ3) is 4.98. The van der Waals surface area contributed by atoms with E-state index in [-0.39, 0.29) is 0 Å². The molecule has 1 aromatic carbocycles. The number of ether oxygens (including phenoxy) is 1. The minimum atomic E-state index is 0.797. The molecule has 2 heterocycles. The summed E-state index contributed by atoms with van der Waals surface area (Å²) in [7, 11) is 2.11. The first kappa shape index (κ1) is 17.8. The Bertz CT molecular complexity index is 697. The van der Waals surface area contributed by atoms with Crippen molar-refractivity contribution >= 4 is 17.3 Å². The van der Waals surface area contributed by atoms with Gasteiger partial charge in [-0.1, -0.05) is 18.2 Å². The number of guanidine groups is 1. The standard InChI is InChI=1S/C20H27N3OS/c1-3-21-20(23(2)12-9-18-5-4-14-25-18)22-11-8-16-6-7-19-17(15-16)10-13-24-19/h4-7,14-15H,3,8-13H2,1-2H3,(H,21,22). The van der Waals surface area contributed by atoms with Crippen molar-refractivity contribution in [3.05, 3.63) is 51.7 Å². The fourth-order valence-electron chi connectivity index (χ4n) is 2.99. The van der Waals surface area contributed by atoms with E-state index in [1.54, 1.807) is 0 Å². The fourth-order valence-corrected chi connectivity index (χ4v) is 3.69. The Hall–Kier alpha value is -2.01. The molecule has 2 aromatic rings. The molecule has 4 nitrogen and oxygen atoms in total. The molecule has 0 atom stereocenters. The van der Waals surface area contributed by atoms with Gasteiger partial charge >= 0.3 is 0 Å². The van der Waals surface area contributed by atoms with Crippen LogP contribution in [0.25, 0.3) is 0 Å². The summed E-state index contributed by atoms with van der Waals surface area (Å²) in [6, 6.07) is 10.8. The Morgan fingerprint density at radius 2 is 2.24 bits per heavy atom. The van der Waals surface area contributed by atoms with E-state index >= 15 is 0 Å². The van der Waals surface area contributed by atoms with E-state index in [0.29, 0.717) is 0 Å². The van der Waals surface area contributed by atoms with E-state index in [1.165, 1.54) is 16.0 Å². The minimum absolute atomic E-state index is 0.797. The average molecular weight is 358 g/mol. The number of benzene rings is 1. The number of likely N-dealkylation sites (N-methyl/N-ethyl adjacent to an activating group) is 1. The predicted molar refractivity (Wildman–Crippen MR) is 106 cm³/mol. The van der Waals surface area contributed by atoms with Gasteiger partial charge < -0.3 is 15.0 Å². The summed E-state index contributed by atoms with van der Waals surface area (Å²) in [6.07, 6.45) is 3.05. The molecule has 1 aromatic heterocycles. The average Bonchev–Trinajstić information content (AvgIpc) is 3.30. The van der Waals surface area contributed by atoms with Crippen LogP contribution >= 0.6 is 11.3 Å². The van der Waals surface area contributed by atoms with E-state index in [4.69, 9.17) is 9.73 Å². The van der Waals surface area contributed by atoms with Gasteiger partial charge in [0.2, 0.25) is 0 Å². The molecule has 3 rings (SSSR count). The van der Waals surface area contributed by atoms with Crippen LogP contribution in [0.1, 0.15) is 22.9 Å². The molecule has 0 bridgehead atoms. The van der Waals surface area contributed by atoms with Crippen LogP contribution in [0.4, 0.5) is 0 Å². The van der Waals surface area contributed by atoms with E-state index in [0.717, 1.165) is 57.2 Å². The quantitative estimate of drug-likeness (QED) is 0.610. The second-order valence-corrected chi connectivity index (χ2v) is 7.31. The molecule has 0 saturated heterocycles. The molecular weight excluding hydrogens is 330 g/mol. The molecule has 1 aliphatic rings. The zero-order valence-electron chi connectivity index (χ0n) is 15.1. The van der Waals surface area contributed by atoms with E-state index < -0.39 is 0 Å². The number of fused-ring (bicyclic) bond motifs is 1. The second kappa shape index (κ2) is 8.90. The Balaban J connectivity index is 1.54. The summed E-state index contributed by atoms with van der Waals surface area (Å²) in [5.41, 5.74) is 2.67. The Morgan fingerprint density at radius 3 is 3.04 bits per heavy atom. The molecule has 0 radical (unpaired) electrons. The molecule has 134 valence electrons. The van der Waals surface area contributed by atoms with Gasteiger partial charge in [0.15, 0.2) is 5.96 Å². The zero-order valence-corrected chi connectivity index (χ0v) is 15.9. The fraction of sp³-hybridized carbons (Fsp3) is 0.450. The topological polar surface area (TPSA) is 36.9 Å². The largest absolute Gasteiger partial charge is 0.493 e.